The number of aromatic amines is 1. The molecule has 1 aromatic heterocycles. The van der Waals surface area contributed by atoms with Crippen molar-refractivity contribution < 1.29 is 9.59 Å². The molecule has 1 aliphatic heterocycles. The van der Waals surface area contributed by atoms with Crippen molar-refractivity contribution in [2.24, 2.45) is 5.92 Å². The molecule has 0 aliphatic carbocycles. The molecule has 0 bridgehead atoms. The lowest BCUT2D eigenvalue weighted by atomic mass is 9.79. The number of carbonyl (C=O) groups excluding carboxylic acids is 2. The number of aromatic nitrogens is 1. The highest BCUT2D eigenvalue weighted by molar-refractivity contribution is 5.88. The van der Waals surface area contributed by atoms with Crippen molar-refractivity contribution in [1.29, 1.82) is 0 Å². The van der Waals surface area contributed by atoms with E-state index in [0.29, 0.717) is 25.9 Å². The molecule has 1 aliphatic rings. The number of likely N-dealkylation sites (tertiary alicyclic amines) is 1. The van der Waals surface area contributed by atoms with Crippen LogP contribution in [0, 0.1) is 5.92 Å². The first-order valence-electron chi connectivity index (χ1n) is 13.1. The molecule has 1 unspecified atom stereocenters. The Hall–Kier alpha value is -3.12. The maximum Gasteiger partial charge on any atom is 0.245 e. The Labute approximate surface area is 215 Å². The van der Waals surface area contributed by atoms with Crippen LogP contribution in [-0.4, -0.2) is 71.8 Å². The smallest absolute Gasteiger partial charge is 0.245 e. The number of aryl methyl sites for hydroxylation is 1. The highest BCUT2D eigenvalue weighted by Crippen LogP contribution is 2.37. The molecule has 3 aromatic rings. The Morgan fingerprint density at radius 2 is 1.61 bits per heavy atom. The average Bonchev–Trinajstić information content (AvgIpc) is 3.30. The van der Waals surface area contributed by atoms with Gasteiger partial charge in [-0.1, -0.05) is 62.4 Å². The number of fused-ring (bicyclic) bond motifs is 1. The number of amides is 2. The van der Waals surface area contributed by atoms with Gasteiger partial charge in [0.15, 0.2) is 0 Å². The molecule has 6 heteroatoms. The Morgan fingerprint density at radius 3 is 2.25 bits per heavy atom. The fraction of sp³-hybridized carbons (Fsp3) is 0.467. The van der Waals surface area contributed by atoms with Crippen LogP contribution in [0.2, 0.25) is 0 Å². The normalized spacial score (nSPS) is 16.5. The number of piperidine rings is 1. The summed E-state index contributed by atoms with van der Waals surface area (Å²) in [5.74, 6) is 0.110. The number of H-pyrrole nitrogens is 1. The summed E-state index contributed by atoms with van der Waals surface area (Å²) in [6, 6.07) is 18.3. The van der Waals surface area contributed by atoms with Crippen molar-refractivity contribution in [3.8, 4) is 0 Å². The molecule has 1 fully saturated rings. The van der Waals surface area contributed by atoms with E-state index < -0.39 is 6.04 Å². The van der Waals surface area contributed by atoms with E-state index in [0.717, 1.165) is 29.3 Å². The second kappa shape index (κ2) is 10.9. The van der Waals surface area contributed by atoms with E-state index in [1.807, 2.05) is 49.2 Å². The summed E-state index contributed by atoms with van der Waals surface area (Å²) < 4.78 is 0. The van der Waals surface area contributed by atoms with Crippen LogP contribution in [0.15, 0.2) is 60.8 Å². The number of likely N-dealkylation sites (N-methyl/N-ethyl adjacent to an activating group) is 1. The van der Waals surface area contributed by atoms with Gasteiger partial charge in [-0.25, -0.2) is 0 Å². The lowest BCUT2D eigenvalue weighted by Gasteiger charge is -2.47. The van der Waals surface area contributed by atoms with Crippen LogP contribution >= 0.6 is 0 Å². The predicted molar refractivity (Wildman–Crippen MR) is 146 cm³/mol. The van der Waals surface area contributed by atoms with E-state index in [2.05, 4.69) is 54.3 Å². The molecule has 1 N–H and O–H groups in total. The first kappa shape index (κ1) is 26.0. The zero-order chi connectivity index (χ0) is 25.9. The molecule has 1 atom stereocenters. The Bertz CT molecular complexity index is 1180. The number of para-hydroxylation sites is 1. The molecule has 36 heavy (non-hydrogen) atoms. The van der Waals surface area contributed by atoms with E-state index in [-0.39, 0.29) is 23.3 Å². The summed E-state index contributed by atoms with van der Waals surface area (Å²) in [5, 5.41) is 1.15. The summed E-state index contributed by atoms with van der Waals surface area (Å²) in [7, 11) is 6.04. The lowest BCUT2D eigenvalue weighted by molar-refractivity contribution is -0.148. The van der Waals surface area contributed by atoms with Crippen LogP contribution in [0.3, 0.4) is 0 Å². The van der Waals surface area contributed by atoms with Gasteiger partial charge in [0.1, 0.15) is 6.04 Å². The van der Waals surface area contributed by atoms with Crippen molar-refractivity contribution in [2.75, 3.05) is 34.2 Å². The number of nitrogens with zero attached hydrogens (tertiary/aromatic N) is 3. The van der Waals surface area contributed by atoms with Crippen molar-refractivity contribution in [2.45, 2.75) is 51.1 Å². The summed E-state index contributed by atoms with van der Waals surface area (Å²) in [6.45, 7) is 5.44. The Morgan fingerprint density at radius 1 is 0.972 bits per heavy atom. The van der Waals surface area contributed by atoms with Gasteiger partial charge in [-0.3, -0.25) is 14.5 Å². The van der Waals surface area contributed by atoms with Gasteiger partial charge in [-0.05, 0) is 56.5 Å². The maximum atomic E-state index is 13.7. The number of hydrogen-bond acceptors (Lipinski definition) is 3. The first-order chi connectivity index (χ1) is 17.2. The van der Waals surface area contributed by atoms with Crippen LogP contribution in [0.4, 0.5) is 0 Å². The van der Waals surface area contributed by atoms with Crippen molar-refractivity contribution >= 4 is 22.7 Å². The number of rotatable bonds is 8. The molecule has 4 rings (SSSR count). The molecular formula is C30H40N4O2. The minimum atomic E-state index is -0.455. The van der Waals surface area contributed by atoms with Crippen LogP contribution < -0.4 is 0 Å². The third kappa shape index (κ3) is 5.05. The van der Waals surface area contributed by atoms with Gasteiger partial charge in [0.05, 0.1) is 0 Å². The summed E-state index contributed by atoms with van der Waals surface area (Å²) in [4.78, 5) is 36.2. The van der Waals surface area contributed by atoms with Gasteiger partial charge in [-0.15, -0.1) is 0 Å². The second-order valence-corrected chi connectivity index (χ2v) is 10.7. The van der Waals surface area contributed by atoms with Gasteiger partial charge < -0.3 is 14.8 Å². The largest absolute Gasteiger partial charge is 0.361 e. The zero-order valence-electron chi connectivity index (χ0n) is 22.3. The van der Waals surface area contributed by atoms with Gasteiger partial charge in [0.25, 0.3) is 0 Å². The van der Waals surface area contributed by atoms with Gasteiger partial charge in [-0.2, -0.15) is 0 Å². The predicted octanol–water partition coefficient (Wildman–Crippen LogP) is 4.66. The summed E-state index contributed by atoms with van der Waals surface area (Å²) >= 11 is 0. The number of carbonyl (C=O) groups is 2. The molecule has 192 valence electrons. The molecule has 6 nitrogen and oxygen atoms in total. The van der Waals surface area contributed by atoms with Crippen LogP contribution in [0.1, 0.15) is 44.2 Å². The third-order valence-corrected chi connectivity index (χ3v) is 8.05. The van der Waals surface area contributed by atoms with Crippen LogP contribution in [0.25, 0.3) is 10.9 Å². The van der Waals surface area contributed by atoms with E-state index in [1.165, 1.54) is 5.56 Å². The third-order valence-electron chi connectivity index (χ3n) is 8.05. The Kier molecular flexibility index (Phi) is 7.84. The SMILES string of the molecule is CC(C)C(C(=O)N1CCC(c2ccccc2)(N(C)C)CC1)N(C)C(=O)CCc1c[nH]c2ccccc12. The lowest BCUT2D eigenvalue weighted by Crippen LogP contribution is -2.57. The minimum absolute atomic E-state index is 0.0104. The second-order valence-electron chi connectivity index (χ2n) is 10.7. The molecular weight excluding hydrogens is 448 g/mol. The number of nitrogens with one attached hydrogen (secondary N) is 1. The van der Waals surface area contributed by atoms with E-state index in [9.17, 15) is 9.59 Å². The molecule has 0 saturated carbocycles. The van der Waals surface area contributed by atoms with E-state index in [4.69, 9.17) is 0 Å². The first-order valence-corrected chi connectivity index (χ1v) is 13.1. The fourth-order valence-corrected chi connectivity index (χ4v) is 5.84. The van der Waals surface area contributed by atoms with Gasteiger partial charge in [0, 0.05) is 49.2 Å². The number of hydrogen-bond donors (Lipinski definition) is 1. The topological polar surface area (TPSA) is 59.7 Å². The van der Waals surface area contributed by atoms with Crippen molar-refractivity contribution in [1.82, 2.24) is 19.7 Å². The van der Waals surface area contributed by atoms with Gasteiger partial charge in [0.2, 0.25) is 11.8 Å². The highest BCUT2D eigenvalue weighted by Gasteiger charge is 2.41. The van der Waals surface area contributed by atoms with Crippen molar-refractivity contribution in [3.63, 3.8) is 0 Å². The quantitative estimate of drug-likeness (QED) is 0.502. The zero-order valence-corrected chi connectivity index (χ0v) is 22.3. The monoisotopic (exact) mass is 488 g/mol. The van der Waals surface area contributed by atoms with Gasteiger partial charge >= 0.3 is 0 Å². The molecule has 2 amide bonds. The maximum absolute atomic E-state index is 13.7. The summed E-state index contributed by atoms with van der Waals surface area (Å²) in [6.07, 6.45) is 4.77. The average molecular weight is 489 g/mol. The van der Waals surface area contributed by atoms with Crippen LogP contribution in [0.5, 0.6) is 0 Å². The molecule has 2 aromatic carbocycles. The van der Waals surface area contributed by atoms with Crippen molar-refractivity contribution in [3.05, 3.63) is 71.9 Å². The molecule has 0 spiro atoms. The molecule has 1 saturated heterocycles. The molecule has 0 radical (unpaired) electrons. The summed E-state index contributed by atoms with van der Waals surface area (Å²) in [5.41, 5.74) is 3.44. The molecule has 2 heterocycles. The van der Waals surface area contributed by atoms with E-state index >= 15 is 0 Å². The fourth-order valence-electron chi connectivity index (χ4n) is 5.84. The van der Waals surface area contributed by atoms with Crippen LogP contribution in [-0.2, 0) is 21.5 Å². The Balaban J connectivity index is 1.42. The minimum Gasteiger partial charge on any atom is -0.361 e. The number of benzene rings is 2. The standard InChI is InChI=1S/C30H40N4O2/c1-22(2)28(33(5)27(35)16-15-23-21-31-26-14-10-9-13-25(23)26)29(36)34-19-17-30(18-20-34,32(3)4)24-11-7-6-8-12-24/h6-14,21-22,28,31H,15-20H2,1-5H3. The highest BCUT2D eigenvalue weighted by atomic mass is 16.2. The van der Waals surface area contributed by atoms with E-state index in [1.54, 1.807) is 11.9 Å².